The number of carboxylic acids is 1. The second-order valence-corrected chi connectivity index (χ2v) is 8.58. The van der Waals surface area contributed by atoms with Gasteiger partial charge in [-0.15, -0.1) is 0 Å². The number of hydrogen-bond acceptors (Lipinski definition) is 3. The van der Waals surface area contributed by atoms with Crippen molar-refractivity contribution in [3.8, 4) is 16.9 Å². The molecule has 1 atom stereocenters. The van der Waals surface area contributed by atoms with Gasteiger partial charge in [0.25, 0.3) is 5.91 Å². The SMILES string of the molecule is [2H]C(C)(CC)N(Cc1ccccc1OCCCCCC(=O)O)C(=O)c1ccc(-c2ccccc2)cc1. The predicted molar refractivity (Wildman–Crippen MR) is 140 cm³/mol. The highest BCUT2D eigenvalue weighted by Gasteiger charge is 2.22. The monoisotopic (exact) mass is 474 g/mol. The minimum absolute atomic E-state index is 0.166. The van der Waals surface area contributed by atoms with Gasteiger partial charge in [-0.3, -0.25) is 9.59 Å². The van der Waals surface area contributed by atoms with E-state index in [1.165, 1.54) is 0 Å². The van der Waals surface area contributed by atoms with Crippen molar-refractivity contribution in [3.63, 3.8) is 0 Å². The third-order valence-corrected chi connectivity index (χ3v) is 6.05. The van der Waals surface area contributed by atoms with E-state index in [1.54, 1.807) is 11.8 Å². The summed E-state index contributed by atoms with van der Waals surface area (Å²) in [5.41, 5.74) is 3.49. The molecule has 0 heterocycles. The maximum absolute atomic E-state index is 13.6. The summed E-state index contributed by atoms with van der Waals surface area (Å²) in [6.45, 7) is 4.39. The summed E-state index contributed by atoms with van der Waals surface area (Å²) in [5.74, 6) is -0.299. The van der Waals surface area contributed by atoms with Crippen molar-refractivity contribution in [2.45, 2.75) is 58.5 Å². The number of nitrogens with zero attached hydrogens (tertiary/aromatic N) is 1. The molecule has 5 heteroatoms. The standard InChI is InChI=1S/C30H35NO4/c1-3-23(2)31(30(34)26-19-17-25(18-20-26)24-12-6-4-7-13-24)22-27-14-9-10-15-28(27)35-21-11-5-8-16-29(32)33/h4,6-7,9-10,12-15,17-20,23H,3,5,8,11,16,21-22H2,1-2H3,(H,32,33)/i23D. The second kappa shape index (κ2) is 13.3. The molecule has 184 valence electrons. The van der Waals surface area contributed by atoms with Crippen LogP contribution in [0.3, 0.4) is 0 Å². The Bertz CT molecular complexity index is 1130. The predicted octanol–water partition coefficient (Wildman–Crippen LogP) is 6.82. The Balaban J connectivity index is 1.74. The molecule has 3 rings (SSSR count). The fourth-order valence-electron chi connectivity index (χ4n) is 3.85. The summed E-state index contributed by atoms with van der Waals surface area (Å²) < 4.78 is 14.9. The van der Waals surface area contributed by atoms with E-state index in [-0.39, 0.29) is 18.9 Å². The first-order valence-electron chi connectivity index (χ1n) is 12.7. The molecule has 0 saturated carbocycles. The summed E-state index contributed by atoms with van der Waals surface area (Å²) in [6.07, 6.45) is 2.80. The Labute approximate surface area is 209 Å². The zero-order valence-corrected chi connectivity index (χ0v) is 20.6. The lowest BCUT2D eigenvalue weighted by atomic mass is 10.0. The van der Waals surface area contributed by atoms with Gasteiger partial charge in [0.2, 0.25) is 0 Å². The number of para-hydroxylation sites is 1. The van der Waals surface area contributed by atoms with Crippen LogP contribution < -0.4 is 4.74 Å². The highest BCUT2D eigenvalue weighted by molar-refractivity contribution is 5.95. The number of hydrogen-bond donors (Lipinski definition) is 1. The lowest BCUT2D eigenvalue weighted by molar-refractivity contribution is -0.137. The largest absolute Gasteiger partial charge is 0.493 e. The van der Waals surface area contributed by atoms with Crippen molar-refractivity contribution >= 4 is 11.9 Å². The molecule has 0 aliphatic rings. The molecule has 35 heavy (non-hydrogen) atoms. The summed E-state index contributed by atoms with van der Waals surface area (Å²) >= 11 is 0. The van der Waals surface area contributed by atoms with Gasteiger partial charge in [-0.2, -0.15) is 0 Å². The molecule has 1 unspecified atom stereocenters. The Morgan fingerprint density at radius 3 is 2.26 bits per heavy atom. The highest BCUT2D eigenvalue weighted by Crippen LogP contribution is 2.25. The highest BCUT2D eigenvalue weighted by atomic mass is 16.5. The first-order chi connectivity index (χ1) is 17.3. The summed E-state index contributed by atoms with van der Waals surface area (Å²) in [6, 6.07) is 24.0. The zero-order chi connectivity index (χ0) is 26.0. The fraction of sp³-hybridized carbons (Fsp3) is 0.333. The minimum Gasteiger partial charge on any atom is -0.493 e. The van der Waals surface area contributed by atoms with Gasteiger partial charge in [0.05, 0.1) is 7.98 Å². The second-order valence-electron chi connectivity index (χ2n) is 8.58. The number of amides is 1. The number of rotatable bonds is 13. The van der Waals surface area contributed by atoms with Crippen LogP contribution in [-0.4, -0.2) is 34.5 Å². The van der Waals surface area contributed by atoms with E-state index < -0.39 is 12.0 Å². The Morgan fingerprint density at radius 2 is 1.57 bits per heavy atom. The number of carboxylic acid groups (broad SMARTS) is 1. The van der Waals surface area contributed by atoms with Crippen LogP contribution in [0.25, 0.3) is 11.1 Å². The number of carbonyl (C=O) groups is 2. The fourth-order valence-corrected chi connectivity index (χ4v) is 3.85. The molecule has 5 nitrogen and oxygen atoms in total. The summed E-state index contributed by atoms with van der Waals surface area (Å²) in [5, 5.41) is 8.77. The van der Waals surface area contributed by atoms with Gasteiger partial charge in [0, 0.05) is 30.1 Å². The quantitative estimate of drug-likeness (QED) is 0.276. The van der Waals surface area contributed by atoms with Crippen molar-refractivity contribution in [2.75, 3.05) is 6.61 Å². The average molecular weight is 475 g/mol. The summed E-state index contributed by atoms with van der Waals surface area (Å²) in [7, 11) is 0. The first-order valence-corrected chi connectivity index (χ1v) is 12.2. The molecule has 3 aromatic rings. The molecule has 0 aliphatic carbocycles. The first kappa shape index (κ1) is 24.5. The molecule has 1 amide bonds. The number of carbonyl (C=O) groups excluding carboxylic acids is 1. The van der Waals surface area contributed by atoms with E-state index in [2.05, 4.69) is 0 Å². The summed E-state index contributed by atoms with van der Waals surface area (Å²) in [4.78, 5) is 25.9. The van der Waals surface area contributed by atoms with E-state index in [0.29, 0.717) is 30.8 Å². The van der Waals surface area contributed by atoms with Gasteiger partial charge < -0.3 is 14.7 Å². The maximum Gasteiger partial charge on any atom is 0.303 e. The maximum atomic E-state index is 13.6. The van der Waals surface area contributed by atoms with Crippen LogP contribution >= 0.6 is 0 Å². The van der Waals surface area contributed by atoms with E-state index in [9.17, 15) is 9.59 Å². The van der Waals surface area contributed by atoms with Gasteiger partial charge in [0.1, 0.15) is 5.75 Å². The number of ether oxygens (including phenoxy) is 1. The van der Waals surface area contributed by atoms with Gasteiger partial charge in [0.15, 0.2) is 0 Å². The Morgan fingerprint density at radius 1 is 0.914 bits per heavy atom. The molecule has 0 fully saturated rings. The molecular formula is C30H35NO4. The Hall–Kier alpha value is -3.60. The van der Waals surface area contributed by atoms with Crippen LogP contribution in [0.5, 0.6) is 5.75 Å². The molecule has 1 N–H and O–H groups in total. The third-order valence-electron chi connectivity index (χ3n) is 6.05. The zero-order valence-electron chi connectivity index (χ0n) is 21.6. The molecular weight excluding hydrogens is 438 g/mol. The average Bonchev–Trinajstić information content (AvgIpc) is 2.90. The molecule has 0 bridgehead atoms. The van der Waals surface area contributed by atoms with Gasteiger partial charge in [-0.1, -0.05) is 67.6 Å². The number of unbranched alkanes of at least 4 members (excludes halogenated alkanes) is 2. The number of aliphatic carboxylic acids is 1. The van der Waals surface area contributed by atoms with Crippen molar-refractivity contribution < 1.29 is 20.8 Å². The van der Waals surface area contributed by atoms with E-state index in [1.807, 2.05) is 85.8 Å². The minimum atomic E-state index is -1.10. The van der Waals surface area contributed by atoms with Crippen LogP contribution in [0.2, 0.25) is 0 Å². The van der Waals surface area contributed by atoms with E-state index in [4.69, 9.17) is 11.2 Å². The van der Waals surface area contributed by atoms with Gasteiger partial charge >= 0.3 is 5.97 Å². The Kier molecular flexibility index (Phi) is 9.34. The van der Waals surface area contributed by atoms with Crippen molar-refractivity contribution in [1.29, 1.82) is 0 Å². The topological polar surface area (TPSA) is 66.8 Å². The van der Waals surface area contributed by atoms with Crippen LogP contribution in [0, 0.1) is 0 Å². The molecule has 0 spiro atoms. The van der Waals surface area contributed by atoms with Crippen LogP contribution in [-0.2, 0) is 11.3 Å². The molecule has 0 radical (unpaired) electrons. The van der Waals surface area contributed by atoms with Crippen molar-refractivity contribution in [2.24, 2.45) is 0 Å². The van der Waals surface area contributed by atoms with Gasteiger partial charge in [-0.25, -0.2) is 0 Å². The van der Waals surface area contributed by atoms with Crippen molar-refractivity contribution in [1.82, 2.24) is 4.90 Å². The van der Waals surface area contributed by atoms with E-state index >= 15 is 0 Å². The van der Waals surface area contributed by atoms with Crippen molar-refractivity contribution in [3.05, 3.63) is 90.0 Å². The molecule has 0 aliphatic heterocycles. The smallest absolute Gasteiger partial charge is 0.303 e. The normalized spacial score (nSPS) is 12.9. The molecule has 3 aromatic carbocycles. The molecule has 0 saturated heterocycles. The number of benzene rings is 3. The van der Waals surface area contributed by atoms with Crippen LogP contribution in [0.4, 0.5) is 0 Å². The lowest BCUT2D eigenvalue weighted by Crippen LogP contribution is -2.37. The molecule has 0 aromatic heterocycles. The lowest BCUT2D eigenvalue weighted by Gasteiger charge is -2.29. The third kappa shape index (κ3) is 7.71. The van der Waals surface area contributed by atoms with E-state index in [0.717, 1.165) is 29.5 Å². The van der Waals surface area contributed by atoms with Crippen LogP contribution in [0.15, 0.2) is 78.9 Å². The van der Waals surface area contributed by atoms with Crippen LogP contribution in [0.1, 0.15) is 63.2 Å². The van der Waals surface area contributed by atoms with Gasteiger partial charge in [-0.05, 0) is 61.9 Å².